The predicted molar refractivity (Wildman–Crippen MR) is 78.6 cm³/mol. The van der Waals surface area contributed by atoms with Crippen molar-refractivity contribution in [2.45, 2.75) is 6.42 Å². The van der Waals surface area contributed by atoms with Crippen molar-refractivity contribution in [1.29, 1.82) is 0 Å². The molecule has 0 atom stereocenters. The topological polar surface area (TPSA) is 73.3 Å². The minimum absolute atomic E-state index is 0.193. The third-order valence-electron chi connectivity index (χ3n) is 2.94. The summed E-state index contributed by atoms with van der Waals surface area (Å²) in [6.45, 7) is 0.721. The first-order chi connectivity index (χ1) is 10.2. The van der Waals surface area contributed by atoms with E-state index in [9.17, 15) is 4.79 Å². The molecule has 2 rings (SSSR count). The van der Waals surface area contributed by atoms with Crippen LogP contribution in [0.5, 0.6) is 5.75 Å². The monoisotopic (exact) mass is 287 g/mol. The van der Waals surface area contributed by atoms with Crippen molar-refractivity contribution < 1.29 is 14.3 Å². The average Bonchev–Trinajstić information content (AvgIpc) is 2.55. The van der Waals surface area contributed by atoms with Crippen LogP contribution in [-0.2, 0) is 11.2 Å². The Balaban J connectivity index is 1.83. The highest BCUT2D eigenvalue weighted by Gasteiger charge is 2.07. The van der Waals surface area contributed by atoms with Crippen molar-refractivity contribution in [3.63, 3.8) is 0 Å². The van der Waals surface area contributed by atoms with Crippen molar-refractivity contribution in [2.75, 3.05) is 26.1 Å². The number of esters is 1. The van der Waals surface area contributed by atoms with E-state index >= 15 is 0 Å². The summed E-state index contributed by atoms with van der Waals surface area (Å²) in [6, 6.07) is 11.2. The molecule has 1 aromatic heterocycles. The van der Waals surface area contributed by atoms with Gasteiger partial charge >= 0.3 is 5.97 Å². The molecule has 0 radical (unpaired) electrons. The lowest BCUT2D eigenvalue weighted by Gasteiger charge is -2.06. The molecule has 2 aromatic rings. The Hall–Kier alpha value is -2.63. The third-order valence-corrected chi connectivity index (χ3v) is 2.94. The van der Waals surface area contributed by atoms with Crippen LogP contribution < -0.4 is 10.1 Å². The van der Waals surface area contributed by atoms with Crippen molar-refractivity contribution in [2.24, 2.45) is 0 Å². The van der Waals surface area contributed by atoms with Gasteiger partial charge in [0, 0.05) is 6.54 Å². The van der Waals surface area contributed by atoms with Gasteiger partial charge in [0.1, 0.15) is 11.6 Å². The first-order valence-corrected chi connectivity index (χ1v) is 6.52. The second-order valence-corrected chi connectivity index (χ2v) is 4.32. The van der Waals surface area contributed by atoms with Crippen LogP contribution in [0.1, 0.15) is 16.1 Å². The molecule has 0 aliphatic rings. The van der Waals surface area contributed by atoms with Crippen LogP contribution in [0.25, 0.3) is 0 Å². The largest absolute Gasteiger partial charge is 0.497 e. The lowest BCUT2D eigenvalue weighted by Crippen LogP contribution is -2.10. The van der Waals surface area contributed by atoms with Crippen molar-refractivity contribution in [3.05, 3.63) is 47.7 Å². The van der Waals surface area contributed by atoms with E-state index in [-0.39, 0.29) is 5.69 Å². The number of carbonyl (C=O) groups is 1. The standard InChI is InChI=1S/C15H17N3O3/c1-20-12-5-3-11(4-6-12)9-10-16-14-8-7-13(17-18-14)15(19)21-2/h3-8H,9-10H2,1-2H3,(H,16,18). The number of aromatic nitrogens is 2. The zero-order valence-corrected chi connectivity index (χ0v) is 12.0. The molecular formula is C15H17N3O3. The molecule has 21 heavy (non-hydrogen) atoms. The molecule has 0 unspecified atom stereocenters. The van der Waals surface area contributed by atoms with E-state index in [0.29, 0.717) is 5.82 Å². The average molecular weight is 287 g/mol. The number of benzene rings is 1. The lowest BCUT2D eigenvalue weighted by atomic mass is 10.1. The van der Waals surface area contributed by atoms with Crippen molar-refractivity contribution in [1.82, 2.24) is 10.2 Å². The minimum atomic E-state index is -0.493. The third kappa shape index (κ3) is 4.17. The number of carbonyl (C=O) groups excluding carboxylic acids is 1. The second kappa shape index (κ2) is 7.23. The maximum Gasteiger partial charge on any atom is 0.358 e. The van der Waals surface area contributed by atoms with Gasteiger partial charge in [0.2, 0.25) is 0 Å². The normalized spacial score (nSPS) is 10.0. The molecule has 110 valence electrons. The summed E-state index contributed by atoms with van der Waals surface area (Å²) < 4.78 is 9.67. The van der Waals surface area contributed by atoms with Crippen molar-refractivity contribution in [3.8, 4) is 5.75 Å². The molecule has 0 aliphatic heterocycles. The van der Waals surface area contributed by atoms with E-state index < -0.39 is 5.97 Å². The van der Waals surface area contributed by atoms with Gasteiger partial charge in [-0.2, -0.15) is 0 Å². The van der Waals surface area contributed by atoms with E-state index in [1.54, 1.807) is 19.2 Å². The highest BCUT2D eigenvalue weighted by atomic mass is 16.5. The molecule has 0 aliphatic carbocycles. The Morgan fingerprint density at radius 1 is 1.10 bits per heavy atom. The zero-order chi connectivity index (χ0) is 15.1. The van der Waals surface area contributed by atoms with Crippen LogP contribution in [0, 0.1) is 0 Å². The molecule has 0 saturated carbocycles. The molecule has 0 fully saturated rings. The highest BCUT2D eigenvalue weighted by Crippen LogP contribution is 2.12. The van der Waals surface area contributed by atoms with E-state index in [2.05, 4.69) is 20.3 Å². The van der Waals surface area contributed by atoms with Crippen LogP contribution >= 0.6 is 0 Å². The number of ether oxygens (including phenoxy) is 2. The summed E-state index contributed by atoms with van der Waals surface area (Å²) in [5, 5.41) is 10.9. The molecule has 0 bridgehead atoms. The molecule has 1 N–H and O–H groups in total. The lowest BCUT2D eigenvalue weighted by molar-refractivity contribution is 0.0593. The molecule has 6 nitrogen and oxygen atoms in total. The van der Waals surface area contributed by atoms with E-state index in [1.165, 1.54) is 12.7 Å². The molecule has 1 aromatic carbocycles. The summed E-state index contributed by atoms with van der Waals surface area (Å²) in [6.07, 6.45) is 0.852. The molecular weight excluding hydrogens is 270 g/mol. The number of hydrogen-bond acceptors (Lipinski definition) is 6. The van der Waals surface area contributed by atoms with Crippen LogP contribution in [0.4, 0.5) is 5.82 Å². The van der Waals surface area contributed by atoms with Gasteiger partial charge in [-0.25, -0.2) is 4.79 Å². The summed E-state index contributed by atoms with van der Waals surface area (Å²) >= 11 is 0. The van der Waals surface area contributed by atoms with Gasteiger partial charge in [-0.1, -0.05) is 12.1 Å². The molecule has 6 heteroatoms. The summed E-state index contributed by atoms with van der Waals surface area (Å²) in [4.78, 5) is 11.2. The van der Waals surface area contributed by atoms with Gasteiger partial charge in [-0.15, -0.1) is 10.2 Å². The number of hydrogen-bond donors (Lipinski definition) is 1. The summed E-state index contributed by atoms with van der Waals surface area (Å²) in [7, 11) is 2.96. The zero-order valence-electron chi connectivity index (χ0n) is 12.0. The molecule has 0 amide bonds. The van der Waals surface area contributed by atoms with E-state index in [0.717, 1.165) is 18.7 Å². The fraction of sp³-hybridized carbons (Fsp3) is 0.267. The van der Waals surface area contributed by atoms with Gasteiger partial charge in [0.15, 0.2) is 5.69 Å². The van der Waals surface area contributed by atoms with Crippen LogP contribution in [0.3, 0.4) is 0 Å². The van der Waals surface area contributed by atoms with Crippen molar-refractivity contribution >= 4 is 11.8 Å². The molecule has 1 heterocycles. The summed E-state index contributed by atoms with van der Waals surface area (Å²) in [5.41, 5.74) is 1.39. The Morgan fingerprint density at radius 2 is 1.86 bits per heavy atom. The van der Waals surface area contributed by atoms with E-state index in [1.807, 2.05) is 24.3 Å². The smallest absolute Gasteiger partial charge is 0.358 e. The van der Waals surface area contributed by atoms with Gasteiger partial charge in [-0.05, 0) is 36.2 Å². The first kappa shape index (κ1) is 14.8. The first-order valence-electron chi connectivity index (χ1n) is 6.52. The fourth-order valence-electron chi connectivity index (χ4n) is 1.77. The minimum Gasteiger partial charge on any atom is -0.497 e. The maximum atomic E-state index is 11.2. The van der Waals surface area contributed by atoms with Gasteiger partial charge in [0.25, 0.3) is 0 Å². The quantitative estimate of drug-likeness (QED) is 0.818. The highest BCUT2D eigenvalue weighted by molar-refractivity contribution is 5.86. The van der Waals surface area contributed by atoms with Crippen LogP contribution in [-0.4, -0.2) is 36.9 Å². The number of nitrogens with zero attached hydrogens (tertiary/aromatic N) is 2. The Bertz CT molecular complexity index is 582. The van der Waals surface area contributed by atoms with Gasteiger partial charge in [0.05, 0.1) is 14.2 Å². The summed E-state index contributed by atoms with van der Waals surface area (Å²) in [5.74, 6) is 0.972. The Morgan fingerprint density at radius 3 is 2.43 bits per heavy atom. The van der Waals surface area contributed by atoms with Crippen LogP contribution in [0.2, 0.25) is 0 Å². The number of anilines is 1. The fourth-order valence-corrected chi connectivity index (χ4v) is 1.77. The number of nitrogens with one attached hydrogen (secondary N) is 1. The Labute approximate surface area is 123 Å². The SMILES string of the molecule is COC(=O)c1ccc(NCCc2ccc(OC)cc2)nn1. The molecule has 0 spiro atoms. The van der Waals surface area contributed by atoms with Crippen LogP contribution in [0.15, 0.2) is 36.4 Å². The molecule has 0 saturated heterocycles. The van der Waals surface area contributed by atoms with E-state index in [4.69, 9.17) is 4.74 Å². The maximum absolute atomic E-state index is 11.2. The Kier molecular flexibility index (Phi) is 5.09. The van der Waals surface area contributed by atoms with Gasteiger partial charge in [-0.3, -0.25) is 0 Å². The predicted octanol–water partition coefficient (Wildman–Crippen LogP) is 1.93. The second-order valence-electron chi connectivity index (χ2n) is 4.32. The number of methoxy groups -OCH3 is 2. The van der Waals surface area contributed by atoms with Gasteiger partial charge < -0.3 is 14.8 Å². The number of rotatable bonds is 6.